The molecule has 0 spiro atoms. The minimum Gasteiger partial charge on any atom is -0.481 e. The van der Waals surface area contributed by atoms with Crippen LogP contribution in [0.25, 0.3) is 0 Å². The van der Waals surface area contributed by atoms with Crippen molar-refractivity contribution < 1.29 is 9.90 Å². The molecular formula is C10H17N5O2. The van der Waals surface area contributed by atoms with Crippen molar-refractivity contribution in [2.45, 2.75) is 32.2 Å². The molecule has 1 aromatic rings. The Hall–Kier alpha value is -1.50. The van der Waals surface area contributed by atoms with Gasteiger partial charge in [0.15, 0.2) is 5.82 Å². The van der Waals surface area contributed by atoms with Gasteiger partial charge in [-0.05, 0) is 36.4 Å². The lowest BCUT2D eigenvalue weighted by Gasteiger charge is -2.14. The molecule has 0 atom stereocenters. The van der Waals surface area contributed by atoms with Crippen LogP contribution in [0.2, 0.25) is 0 Å². The van der Waals surface area contributed by atoms with E-state index in [2.05, 4.69) is 20.4 Å². The summed E-state index contributed by atoms with van der Waals surface area (Å²) in [5, 5.41) is 20.0. The third-order valence-corrected chi connectivity index (χ3v) is 3.00. The number of nitrogens with zero attached hydrogens (tertiary/aromatic N) is 5. The SMILES string of the molecule is O=C(O)CCc1nnnn1CCN1CCCC1. The van der Waals surface area contributed by atoms with E-state index in [1.54, 1.807) is 4.68 Å². The van der Waals surface area contributed by atoms with Crippen molar-refractivity contribution in [3.63, 3.8) is 0 Å². The van der Waals surface area contributed by atoms with Crippen molar-refractivity contribution >= 4 is 5.97 Å². The van der Waals surface area contributed by atoms with Gasteiger partial charge < -0.3 is 10.0 Å². The Morgan fingerprint density at radius 1 is 1.29 bits per heavy atom. The van der Waals surface area contributed by atoms with Gasteiger partial charge in [-0.1, -0.05) is 0 Å². The van der Waals surface area contributed by atoms with E-state index in [1.165, 1.54) is 12.8 Å². The molecule has 7 nitrogen and oxygen atoms in total. The van der Waals surface area contributed by atoms with Crippen LogP contribution in [0, 0.1) is 0 Å². The second-order valence-corrected chi connectivity index (χ2v) is 4.26. The number of hydrogen-bond acceptors (Lipinski definition) is 5. The van der Waals surface area contributed by atoms with E-state index in [4.69, 9.17) is 5.11 Å². The number of tetrazole rings is 1. The van der Waals surface area contributed by atoms with E-state index >= 15 is 0 Å². The maximum atomic E-state index is 10.5. The fourth-order valence-corrected chi connectivity index (χ4v) is 2.04. The number of hydrogen-bond donors (Lipinski definition) is 1. The Labute approximate surface area is 99.4 Å². The molecule has 94 valence electrons. The van der Waals surface area contributed by atoms with E-state index < -0.39 is 5.97 Å². The zero-order valence-corrected chi connectivity index (χ0v) is 9.75. The van der Waals surface area contributed by atoms with Gasteiger partial charge in [0.25, 0.3) is 0 Å². The van der Waals surface area contributed by atoms with Crippen LogP contribution in [-0.2, 0) is 17.8 Å². The average molecular weight is 239 g/mol. The highest BCUT2D eigenvalue weighted by molar-refractivity contribution is 5.66. The molecule has 0 radical (unpaired) electrons. The molecule has 1 aliphatic rings. The van der Waals surface area contributed by atoms with Crippen LogP contribution in [0.1, 0.15) is 25.1 Å². The maximum Gasteiger partial charge on any atom is 0.303 e. The van der Waals surface area contributed by atoms with Crippen molar-refractivity contribution in [3.8, 4) is 0 Å². The van der Waals surface area contributed by atoms with Crippen LogP contribution in [-0.4, -0.2) is 55.8 Å². The lowest BCUT2D eigenvalue weighted by molar-refractivity contribution is -0.137. The molecule has 0 bridgehead atoms. The predicted octanol–water partition coefficient (Wildman–Crippen LogP) is -0.214. The number of carboxylic acids is 1. The van der Waals surface area contributed by atoms with E-state index in [0.29, 0.717) is 12.2 Å². The highest BCUT2D eigenvalue weighted by Crippen LogP contribution is 2.07. The van der Waals surface area contributed by atoms with Crippen molar-refractivity contribution in [3.05, 3.63) is 5.82 Å². The molecule has 0 amide bonds. The summed E-state index contributed by atoms with van der Waals surface area (Å²) in [7, 11) is 0. The van der Waals surface area contributed by atoms with Crippen LogP contribution < -0.4 is 0 Å². The molecule has 17 heavy (non-hydrogen) atoms. The first-order chi connectivity index (χ1) is 8.25. The van der Waals surface area contributed by atoms with E-state index in [0.717, 1.165) is 26.2 Å². The fourth-order valence-electron chi connectivity index (χ4n) is 2.04. The van der Waals surface area contributed by atoms with Gasteiger partial charge in [0, 0.05) is 13.0 Å². The summed E-state index contributed by atoms with van der Waals surface area (Å²) in [6.07, 6.45) is 3.00. The number of carboxylic acid groups (broad SMARTS) is 1. The molecule has 0 saturated carbocycles. The lowest BCUT2D eigenvalue weighted by atomic mass is 10.3. The number of aliphatic carboxylic acids is 1. The van der Waals surface area contributed by atoms with Gasteiger partial charge >= 0.3 is 5.97 Å². The summed E-state index contributed by atoms with van der Waals surface area (Å²) in [6.45, 7) is 3.96. The molecule has 1 saturated heterocycles. The normalized spacial score (nSPS) is 16.5. The number of aromatic nitrogens is 4. The molecule has 2 rings (SSSR count). The quantitative estimate of drug-likeness (QED) is 0.739. The monoisotopic (exact) mass is 239 g/mol. The van der Waals surface area contributed by atoms with Gasteiger partial charge in [-0.3, -0.25) is 4.79 Å². The van der Waals surface area contributed by atoms with Gasteiger partial charge in [-0.2, -0.15) is 0 Å². The minimum atomic E-state index is -0.820. The standard InChI is InChI=1S/C10H17N5O2/c16-10(17)4-3-9-11-12-13-15(9)8-7-14-5-1-2-6-14/h1-8H2,(H,16,17). The van der Waals surface area contributed by atoms with Gasteiger partial charge in [-0.25, -0.2) is 4.68 Å². The molecule has 1 fully saturated rings. The molecular weight excluding hydrogens is 222 g/mol. The molecule has 1 aliphatic heterocycles. The number of rotatable bonds is 6. The van der Waals surface area contributed by atoms with Crippen LogP contribution in [0.5, 0.6) is 0 Å². The zero-order valence-electron chi connectivity index (χ0n) is 9.75. The lowest BCUT2D eigenvalue weighted by Crippen LogP contribution is -2.25. The largest absolute Gasteiger partial charge is 0.481 e. The maximum absolute atomic E-state index is 10.5. The highest BCUT2D eigenvalue weighted by atomic mass is 16.4. The van der Waals surface area contributed by atoms with Crippen LogP contribution in [0.4, 0.5) is 0 Å². The van der Waals surface area contributed by atoms with E-state index in [1.807, 2.05) is 0 Å². The molecule has 0 unspecified atom stereocenters. The first-order valence-electron chi connectivity index (χ1n) is 5.95. The van der Waals surface area contributed by atoms with Crippen molar-refractivity contribution in [1.29, 1.82) is 0 Å². The summed E-state index contributed by atoms with van der Waals surface area (Å²) in [6, 6.07) is 0. The highest BCUT2D eigenvalue weighted by Gasteiger charge is 2.13. The summed E-state index contributed by atoms with van der Waals surface area (Å²) < 4.78 is 1.71. The molecule has 0 aliphatic carbocycles. The topological polar surface area (TPSA) is 84.1 Å². The fraction of sp³-hybridized carbons (Fsp3) is 0.800. The number of likely N-dealkylation sites (tertiary alicyclic amines) is 1. The van der Waals surface area contributed by atoms with Gasteiger partial charge in [0.1, 0.15) is 0 Å². The average Bonchev–Trinajstić information content (AvgIpc) is 2.95. The van der Waals surface area contributed by atoms with E-state index in [9.17, 15) is 4.79 Å². The summed E-state index contributed by atoms with van der Waals surface area (Å²) in [5.41, 5.74) is 0. The second-order valence-electron chi connectivity index (χ2n) is 4.26. The Balaban J connectivity index is 1.82. The van der Waals surface area contributed by atoms with Gasteiger partial charge in [-0.15, -0.1) is 5.10 Å². The smallest absolute Gasteiger partial charge is 0.303 e. The van der Waals surface area contributed by atoms with Crippen LogP contribution >= 0.6 is 0 Å². The second kappa shape index (κ2) is 5.72. The Morgan fingerprint density at radius 2 is 2.06 bits per heavy atom. The zero-order chi connectivity index (χ0) is 12.1. The summed E-state index contributed by atoms with van der Waals surface area (Å²) >= 11 is 0. The number of carbonyl (C=O) groups is 1. The molecule has 2 heterocycles. The Morgan fingerprint density at radius 3 is 2.76 bits per heavy atom. The molecule has 7 heteroatoms. The first-order valence-corrected chi connectivity index (χ1v) is 5.95. The molecule has 1 N–H and O–H groups in total. The van der Waals surface area contributed by atoms with Gasteiger partial charge in [0.05, 0.1) is 13.0 Å². The minimum absolute atomic E-state index is 0.0735. The third kappa shape index (κ3) is 3.48. The van der Waals surface area contributed by atoms with Gasteiger partial charge in [0.2, 0.25) is 0 Å². The first kappa shape index (κ1) is 12.0. The van der Waals surface area contributed by atoms with Crippen molar-refractivity contribution in [2.24, 2.45) is 0 Å². The summed E-state index contributed by atoms with van der Waals surface area (Å²) in [5.74, 6) is -0.161. The molecule has 1 aromatic heterocycles. The summed E-state index contributed by atoms with van der Waals surface area (Å²) in [4.78, 5) is 12.9. The Bertz CT molecular complexity index is 373. The predicted molar refractivity (Wildman–Crippen MR) is 59.4 cm³/mol. The molecule has 0 aromatic carbocycles. The Kier molecular flexibility index (Phi) is 4.03. The van der Waals surface area contributed by atoms with Crippen molar-refractivity contribution in [2.75, 3.05) is 19.6 Å². The van der Waals surface area contributed by atoms with Crippen LogP contribution in [0.3, 0.4) is 0 Å². The van der Waals surface area contributed by atoms with Crippen LogP contribution in [0.15, 0.2) is 0 Å². The van der Waals surface area contributed by atoms with E-state index in [-0.39, 0.29) is 6.42 Å². The van der Waals surface area contributed by atoms with Crippen molar-refractivity contribution in [1.82, 2.24) is 25.1 Å². The number of aryl methyl sites for hydroxylation is 1. The third-order valence-electron chi connectivity index (χ3n) is 3.00.